The molecule has 0 spiro atoms. The number of fused-ring (bicyclic) bond motifs is 3. The highest BCUT2D eigenvalue weighted by Gasteiger charge is 2.43. The highest BCUT2D eigenvalue weighted by molar-refractivity contribution is 7.90. The van der Waals surface area contributed by atoms with Gasteiger partial charge in [0, 0.05) is 36.7 Å². The van der Waals surface area contributed by atoms with Crippen LogP contribution in [0.2, 0.25) is 5.02 Å². The minimum absolute atomic E-state index is 0.0677. The zero-order chi connectivity index (χ0) is 33.1. The maximum Gasteiger partial charge on any atom is 0.264 e. The van der Waals surface area contributed by atoms with Crippen molar-refractivity contribution >= 4 is 33.2 Å². The molecule has 47 heavy (non-hydrogen) atoms. The fraction of sp³-hybridized carbons (Fsp3) is 0.639. The van der Waals surface area contributed by atoms with Gasteiger partial charge in [-0.25, -0.2) is 13.1 Å². The molecular weight excluding hydrogens is 640 g/mol. The fourth-order valence-electron chi connectivity index (χ4n) is 7.68. The average Bonchev–Trinajstić information content (AvgIpc) is 3.08. The number of hydrogen-bond acceptors (Lipinski definition) is 8. The molecule has 1 saturated heterocycles. The molecule has 3 heterocycles. The number of nitrogens with zero attached hydrogens (tertiary/aromatic N) is 1. The summed E-state index contributed by atoms with van der Waals surface area (Å²) in [6.07, 6.45) is 7.13. The minimum Gasteiger partial charge on any atom is -0.487 e. The van der Waals surface area contributed by atoms with Gasteiger partial charge in [0.25, 0.3) is 5.91 Å². The van der Waals surface area contributed by atoms with Crippen LogP contribution in [-0.2, 0) is 37.3 Å². The molecule has 2 bridgehead atoms. The van der Waals surface area contributed by atoms with Gasteiger partial charge in [-0.05, 0) is 111 Å². The van der Waals surface area contributed by atoms with Crippen molar-refractivity contribution in [3.05, 3.63) is 58.1 Å². The van der Waals surface area contributed by atoms with E-state index in [4.69, 9.17) is 30.5 Å². The molecule has 3 aliphatic heterocycles. The van der Waals surface area contributed by atoms with Gasteiger partial charge in [-0.1, -0.05) is 31.0 Å². The smallest absolute Gasteiger partial charge is 0.264 e. The number of ether oxygens (including phenoxy) is 4. The Bertz CT molecular complexity index is 1510. The van der Waals surface area contributed by atoms with E-state index in [1.54, 1.807) is 20.1 Å². The van der Waals surface area contributed by atoms with E-state index in [2.05, 4.69) is 9.62 Å². The molecule has 6 rings (SSSR count). The predicted molar refractivity (Wildman–Crippen MR) is 182 cm³/mol. The molecule has 0 aromatic heterocycles. The molecule has 1 N–H and O–H groups in total. The number of aryl methyl sites for hydroxylation is 1. The molecule has 1 saturated carbocycles. The van der Waals surface area contributed by atoms with Gasteiger partial charge in [0.1, 0.15) is 18.5 Å². The first-order valence-corrected chi connectivity index (χ1v) is 19.2. The Morgan fingerprint density at radius 2 is 1.74 bits per heavy atom. The summed E-state index contributed by atoms with van der Waals surface area (Å²) in [6.45, 7) is 6.62. The Kier molecular flexibility index (Phi) is 11.0. The van der Waals surface area contributed by atoms with Gasteiger partial charge in [0.05, 0.1) is 24.2 Å². The number of nitrogens with one attached hydrogen (secondary N) is 1. The first-order valence-electron chi connectivity index (χ1n) is 17.2. The highest BCUT2D eigenvalue weighted by atomic mass is 35.5. The van der Waals surface area contributed by atoms with Gasteiger partial charge in [-0.15, -0.1) is 0 Å². The molecule has 4 aliphatic rings. The van der Waals surface area contributed by atoms with Crippen LogP contribution in [0.3, 0.4) is 0 Å². The van der Waals surface area contributed by atoms with Gasteiger partial charge in [0.2, 0.25) is 10.0 Å². The second-order valence-electron chi connectivity index (χ2n) is 13.9. The number of anilines is 1. The van der Waals surface area contributed by atoms with E-state index in [1.807, 2.05) is 37.3 Å². The zero-order valence-corrected chi connectivity index (χ0v) is 29.4. The highest BCUT2D eigenvalue weighted by Crippen LogP contribution is 2.46. The number of halogens is 1. The van der Waals surface area contributed by atoms with Crippen LogP contribution in [0.15, 0.2) is 36.4 Å². The number of carbonyl (C=O) groups excluding carboxylic acids is 1. The number of hydrogen-bond donors (Lipinski definition) is 1. The Hall–Kier alpha value is -2.37. The van der Waals surface area contributed by atoms with E-state index in [0.717, 1.165) is 75.7 Å². The first-order chi connectivity index (χ1) is 22.6. The second-order valence-corrected chi connectivity index (χ2v) is 16.4. The number of sulfonamides is 1. The molecule has 1 aliphatic carbocycles. The van der Waals surface area contributed by atoms with Crippen molar-refractivity contribution in [2.45, 2.75) is 89.5 Å². The molecule has 1 amide bonds. The normalized spacial score (nSPS) is 32.0. The summed E-state index contributed by atoms with van der Waals surface area (Å²) in [4.78, 5) is 15.8. The summed E-state index contributed by atoms with van der Waals surface area (Å²) in [5, 5.41) is -0.0131. The summed E-state index contributed by atoms with van der Waals surface area (Å²) in [5.41, 5.74) is 3.39. The van der Waals surface area contributed by atoms with E-state index < -0.39 is 21.2 Å². The van der Waals surface area contributed by atoms with Gasteiger partial charge < -0.3 is 23.8 Å². The van der Waals surface area contributed by atoms with Gasteiger partial charge in [-0.3, -0.25) is 4.79 Å². The largest absolute Gasteiger partial charge is 0.487 e. The Morgan fingerprint density at radius 3 is 2.49 bits per heavy atom. The Balaban J connectivity index is 1.35. The van der Waals surface area contributed by atoms with E-state index >= 15 is 0 Å². The SMILES string of the molecule is CO[C@H]1CO[C@H]([C@H]2CCC[C@H](C)[C@@H](C)S(=O)(=O)NC(=O)c3ccc4c(c3)N(CCCCc3cc(Cl)ccc3CO4)C[C@@H]3CC[C@H]32)OC1. The van der Waals surface area contributed by atoms with Crippen LogP contribution >= 0.6 is 11.6 Å². The molecule has 11 heteroatoms. The van der Waals surface area contributed by atoms with Crippen molar-refractivity contribution in [1.82, 2.24) is 4.72 Å². The summed E-state index contributed by atoms with van der Waals surface area (Å²) >= 11 is 6.36. The summed E-state index contributed by atoms with van der Waals surface area (Å²) < 4.78 is 53.7. The van der Waals surface area contributed by atoms with Gasteiger partial charge in [-0.2, -0.15) is 0 Å². The number of carbonyl (C=O) groups is 1. The number of rotatable bonds is 2. The van der Waals surface area contributed by atoms with Gasteiger partial charge >= 0.3 is 0 Å². The standard InChI is InChI=1S/C36H49ClN2O7S/c1-23-7-6-9-32(36-45-21-30(43-3)22-46-36)31-14-11-27(31)19-39-16-5-4-8-25-17-29(37)13-10-28(25)20-44-34-15-12-26(18-33(34)39)35(40)38-47(41,42)24(23)2/h10,12-13,15,17-18,23-24,27,30-32,36H,4-9,11,14,16,19-22H2,1-3H3,(H,38,40)/t23-,24+,27-,30-,31+,32-,36-/m0/s1. The average molecular weight is 689 g/mol. The third kappa shape index (κ3) is 7.93. The zero-order valence-electron chi connectivity index (χ0n) is 27.8. The maximum atomic E-state index is 13.5. The Morgan fingerprint density at radius 1 is 0.936 bits per heavy atom. The predicted octanol–water partition coefficient (Wildman–Crippen LogP) is 6.36. The molecule has 2 aromatic carbocycles. The summed E-state index contributed by atoms with van der Waals surface area (Å²) in [6, 6.07) is 11.2. The third-order valence-corrected chi connectivity index (χ3v) is 13.2. The lowest BCUT2D eigenvalue weighted by atomic mass is 9.65. The van der Waals surface area contributed by atoms with Crippen LogP contribution < -0.4 is 14.4 Å². The summed E-state index contributed by atoms with van der Waals surface area (Å²) in [7, 11) is -2.22. The van der Waals surface area contributed by atoms with Crippen LogP contribution in [0.1, 0.15) is 80.3 Å². The van der Waals surface area contributed by atoms with Crippen LogP contribution in [0.4, 0.5) is 5.69 Å². The number of benzene rings is 2. The first kappa shape index (κ1) is 34.5. The molecule has 2 aromatic rings. The maximum absolute atomic E-state index is 13.5. The van der Waals surface area contributed by atoms with Crippen molar-refractivity contribution in [2.24, 2.45) is 23.7 Å². The quantitative estimate of drug-likeness (QED) is 0.389. The van der Waals surface area contributed by atoms with Crippen LogP contribution in [0.5, 0.6) is 5.75 Å². The molecule has 5 atom stereocenters. The lowest BCUT2D eigenvalue weighted by molar-refractivity contribution is -0.255. The van der Waals surface area contributed by atoms with Crippen molar-refractivity contribution in [2.75, 3.05) is 38.3 Å². The molecule has 0 unspecified atom stereocenters. The Labute approximate surface area is 284 Å². The van der Waals surface area contributed by atoms with E-state index in [0.29, 0.717) is 48.0 Å². The van der Waals surface area contributed by atoms with Crippen molar-refractivity contribution in [3.63, 3.8) is 0 Å². The van der Waals surface area contributed by atoms with Crippen LogP contribution in [0, 0.1) is 23.7 Å². The molecule has 258 valence electrons. The second kappa shape index (κ2) is 15.0. The topological polar surface area (TPSA) is 103 Å². The lowest BCUT2D eigenvalue weighted by Gasteiger charge is -2.48. The fourth-order valence-corrected chi connectivity index (χ4v) is 9.19. The van der Waals surface area contributed by atoms with Crippen molar-refractivity contribution < 1.29 is 32.2 Å². The van der Waals surface area contributed by atoms with E-state index in [9.17, 15) is 13.2 Å². The van der Waals surface area contributed by atoms with Crippen LogP contribution in [-0.4, -0.2) is 65.4 Å². The van der Waals surface area contributed by atoms with E-state index in [-0.39, 0.29) is 24.2 Å². The lowest BCUT2D eigenvalue weighted by Crippen LogP contribution is -2.49. The van der Waals surface area contributed by atoms with E-state index in [1.165, 1.54) is 5.56 Å². The minimum atomic E-state index is -3.91. The molecular formula is C36H49ClN2O7S. The van der Waals surface area contributed by atoms with Crippen LogP contribution in [0.25, 0.3) is 0 Å². The molecule has 2 fully saturated rings. The third-order valence-electron chi connectivity index (χ3n) is 11.0. The number of methoxy groups -OCH3 is 1. The molecule has 9 nitrogen and oxygen atoms in total. The van der Waals surface area contributed by atoms with Crippen molar-refractivity contribution in [1.29, 1.82) is 0 Å². The monoisotopic (exact) mass is 688 g/mol. The number of amides is 1. The van der Waals surface area contributed by atoms with Crippen molar-refractivity contribution in [3.8, 4) is 5.75 Å². The summed E-state index contributed by atoms with van der Waals surface area (Å²) in [5.74, 6) is 0.949. The molecule has 0 radical (unpaired) electrons. The van der Waals surface area contributed by atoms with Gasteiger partial charge in [0.15, 0.2) is 6.29 Å².